The molecule has 0 radical (unpaired) electrons. The van der Waals surface area contributed by atoms with Crippen molar-refractivity contribution in [2.75, 3.05) is 25.2 Å². The van der Waals surface area contributed by atoms with Gasteiger partial charge in [-0.15, -0.1) is 0 Å². The molecular weight excluding hydrogens is 330 g/mol. The molecule has 26 heavy (non-hydrogen) atoms. The topological polar surface area (TPSA) is 55.8 Å². The zero-order chi connectivity index (χ0) is 18.5. The number of amides is 1. The van der Waals surface area contributed by atoms with Gasteiger partial charge in [0.05, 0.1) is 12.7 Å². The van der Waals surface area contributed by atoms with Crippen LogP contribution in [0.5, 0.6) is 5.75 Å². The molecule has 2 aromatic carbocycles. The molecule has 0 atom stereocenters. The van der Waals surface area contributed by atoms with Crippen LogP contribution in [-0.2, 0) is 22.4 Å². The third-order valence-corrected chi connectivity index (χ3v) is 4.66. The van der Waals surface area contributed by atoms with Gasteiger partial charge in [0.2, 0.25) is 0 Å². The van der Waals surface area contributed by atoms with Crippen molar-refractivity contribution in [2.45, 2.75) is 26.2 Å². The maximum Gasteiger partial charge on any atom is 0.338 e. The highest BCUT2D eigenvalue weighted by Crippen LogP contribution is 2.30. The number of benzene rings is 2. The van der Waals surface area contributed by atoms with Crippen LogP contribution in [0.4, 0.5) is 5.69 Å². The lowest BCUT2D eigenvalue weighted by Crippen LogP contribution is -2.39. The lowest BCUT2D eigenvalue weighted by atomic mass is 9.96. The van der Waals surface area contributed by atoms with Crippen molar-refractivity contribution < 1.29 is 19.1 Å². The van der Waals surface area contributed by atoms with E-state index in [1.165, 1.54) is 7.11 Å². The maximum atomic E-state index is 12.8. The van der Waals surface area contributed by atoms with Crippen LogP contribution in [-0.4, -0.2) is 32.1 Å². The molecule has 1 aliphatic rings. The van der Waals surface area contributed by atoms with Crippen LogP contribution in [0, 0.1) is 0 Å². The fourth-order valence-corrected chi connectivity index (χ4v) is 3.34. The van der Waals surface area contributed by atoms with Crippen LogP contribution >= 0.6 is 0 Å². The highest BCUT2D eigenvalue weighted by atomic mass is 16.5. The van der Waals surface area contributed by atoms with Crippen LogP contribution in [0.25, 0.3) is 0 Å². The van der Waals surface area contributed by atoms with Crippen LogP contribution < -0.4 is 9.64 Å². The zero-order valence-corrected chi connectivity index (χ0v) is 15.2. The summed E-state index contributed by atoms with van der Waals surface area (Å²) in [5.41, 5.74) is 3.25. The van der Waals surface area contributed by atoms with E-state index >= 15 is 0 Å². The van der Waals surface area contributed by atoms with E-state index in [9.17, 15) is 9.59 Å². The van der Waals surface area contributed by atoms with Crippen molar-refractivity contribution in [3.05, 3.63) is 59.2 Å². The third-order valence-electron chi connectivity index (χ3n) is 4.66. The Labute approximate surface area is 153 Å². The van der Waals surface area contributed by atoms with Crippen molar-refractivity contribution in [1.82, 2.24) is 0 Å². The summed E-state index contributed by atoms with van der Waals surface area (Å²) in [5.74, 6) is 0.257. The Morgan fingerprint density at radius 2 is 1.92 bits per heavy atom. The monoisotopic (exact) mass is 353 g/mol. The van der Waals surface area contributed by atoms with Gasteiger partial charge in [-0.1, -0.05) is 31.2 Å². The van der Waals surface area contributed by atoms with Crippen molar-refractivity contribution in [1.29, 1.82) is 0 Å². The van der Waals surface area contributed by atoms with E-state index in [0.29, 0.717) is 12.1 Å². The van der Waals surface area contributed by atoms with Gasteiger partial charge in [0.15, 0.2) is 6.61 Å². The quantitative estimate of drug-likeness (QED) is 0.773. The second-order valence-electron chi connectivity index (χ2n) is 6.19. The summed E-state index contributed by atoms with van der Waals surface area (Å²) < 4.78 is 10.6. The van der Waals surface area contributed by atoms with Crippen molar-refractivity contribution in [3.8, 4) is 5.75 Å². The molecule has 5 nitrogen and oxygen atoms in total. The van der Waals surface area contributed by atoms with Gasteiger partial charge >= 0.3 is 5.97 Å². The molecule has 0 saturated carbocycles. The second kappa shape index (κ2) is 8.04. The van der Waals surface area contributed by atoms with Gasteiger partial charge in [0, 0.05) is 12.2 Å². The van der Waals surface area contributed by atoms with E-state index in [-0.39, 0.29) is 18.5 Å². The van der Waals surface area contributed by atoms with Gasteiger partial charge < -0.3 is 14.4 Å². The van der Waals surface area contributed by atoms with Crippen LogP contribution in [0.15, 0.2) is 42.5 Å². The highest BCUT2D eigenvalue weighted by molar-refractivity contribution is 5.99. The first kappa shape index (κ1) is 18.0. The Kier molecular flexibility index (Phi) is 5.56. The molecule has 1 aliphatic heterocycles. The Balaban J connectivity index is 1.79. The maximum absolute atomic E-state index is 12.8. The number of carbonyl (C=O) groups is 2. The predicted molar refractivity (Wildman–Crippen MR) is 99.8 cm³/mol. The molecule has 0 unspecified atom stereocenters. The SMILES string of the molecule is CCc1ccccc1OCC(=O)N1CCCc2c(C(=O)OC)cccc21. The largest absolute Gasteiger partial charge is 0.483 e. The average molecular weight is 353 g/mol. The summed E-state index contributed by atoms with van der Waals surface area (Å²) in [5, 5.41) is 0. The van der Waals surface area contributed by atoms with E-state index < -0.39 is 0 Å². The number of ether oxygens (including phenoxy) is 2. The van der Waals surface area contributed by atoms with Crippen molar-refractivity contribution >= 4 is 17.6 Å². The Morgan fingerprint density at radius 3 is 2.69 bits per heavy atom. The first-order valence-corrected chi connectivity index (χ1v) is 8.87. The van der Waals surface area contributed by atoms with Crippen LogP contribution in [0.1, 0.15) is 34.8 Å². The fraction of sp³-hybridized carbons (Fsp3) is 0.333. The lowest BCUT2D eigenvalue weighted by molar-refractivity contribution is -0.120. The lowest BCUT2D eigenvalue weighted by Gasteiger charge is -2.30. The normalized spacial score (nSPS) is 13.1. The van der Waals surface area contributed by atoms with Crippen molar-refractivity contribution in [3.63, 3.8) is 0 Å². The van der Waals surface area contributed by atoms with Gasteiger partial charge in [0.1, 0.15) is 5.75 Å². The number of aryl methyl sites for hydroxylation is 1. The van der Waals surface area contributed by atoms with Crippen LogP contribution in [0.2, 0.25) is 0 Å². The third kappa shape index (κ3) is 3.57. The molecule has 0 bridgehead atoms. The molecule has 1 amide bonds. The molecular formula is C21H23NO4. The number of nitrogens with zero attached hydrogens (tertiary/aromatic N) is 1. The zero-order valence-electron chi connectivity index (χ0n) is 15.2. The van der Waals surface area contributed by atoms with E-state index in [4.69, 9.17) is 9.47 Å². The van der Waals surface area contributed by atoms with E-state index in [0.717, 1.165) is 41.8 Å². The van der Waals surface area contributed by atoms with Gasteiger partial charge in [-0.2, -0.15) is 0 Å². The first-order chi connectivity index (χ1) is 12.7. The number of rotatable bonds is 5. The molecule has 0 spiro atoms. The van der Waals surface area contributed by atoms with Crippen LogP contribution in [0.3, 0.4) is 0 Å². The molecule has 3 rings (SSSR count). The molecule has 0 N–H and O–H groups in total. The number of anilines is 1. The summed E-state index contributed by atoms with van der Waals surface area (Å²) in [6, 6.07) is 13.1. The van der Waals surface area contributed by atoms with Gasteiger partial charge in [-0.05, 0) is 48.6 Å². The molecule has 0 fully saturated rings. The number of hydrogen-bond donors (Lipinski definition) is 0. The predicted octanol–water partition coefficient (Wildman–Crippen LogP) is 3.39. The Hall–Kier alpha value is -2.82. The number of methoxy groups -OCH3 is 1. The molecule has 136 valence electrons. The number of esters is 1. The molecule has 0 aromatic heterocycles. The number of para-hydroxylation sites is 1. The van der Waals surface area contributed by atoms with E-state index in [1.807, 2.05) is 30.3 Å². The second-order valence-corrected chi connectivity index (χ2v) is 6.19. The molecule has 1 heterocycles. The Morgan fingerprint density at radius 1 is 1.12 bits per heavy atom. The summed E-state index contributed by atoms with van der Waals surface area (Å²) >= 11 is 0. The fourth-order valence-electron chi connectivity index (χ4n) is 3.34. The minimum absolute atomic E-state index is 0.0289. The summed E-state index contributed by atoms with van der Waals surface area (Å²) in [6.07, 6.45) is 2.40. The minimum atomic E-state index is -0.371. The molecule has 2 aromatic rings. The average Bonchev–Trinajstić information content (AvgIpc) is 2.70. The van der Waals surface area contributed by atoms with E-state index in [2.05, 4.69) is 6.92 Å². The first-order valence-electron chi connectivity index (χ1n) is 8.87. The van der Waals surface area contributed by atoms with Gasteiger partial charge in [-0.3, -0.25) is 4.79 Å². The number of carbonyl (C=O) groups excluding carboxylic acids is 2. The number of hydrogen-bond acceptors (Lipinski definition) is 4. The minimum Gasteiger partial charge on any atom is -0.483 e. The molecule has 0 saturated heterocycles. The van der Waals surface area contributed by atoms with Gasteiger partial charge in [-0.25, -0.2) is 4.79 Å². The highest BCUT2D eigenvalue weighted by Gasteiger charge is 2.26. The Bertz CT molecular complexity index is 815. The van der Waals surface area contributed by atoms with Crippen molar-refractivity contribution in [2.24, 2.45) is 0 Å². The summed E-state index contributed by atoms with van der Waals surface area (Å²) in [6.45, 7) is 2.65. The summed E-state index contributed by atoms with van der Waals surface area (Å²) in [4.78, 5) is 26.5. The number of fused-ring (bicyclic) bond motifs is 1. The standard InChI is InChI=1S/C21H23NO4/c1-3-15-8-4-5-12-19(15)26-14-20(23)22-13-7-10-16-17(21(24)25-2)9-6-11-18(16)22/h4-6,8-9,11-12H,3,7,10,13-14H2,1-2H3. The smallest absolute Gasteiger partial charge is 0.338 e. The molecule has 0 aliphatic carbocycles. The molecule has 5 heteroatoms. The summed E-state index contributed by atoms with van der Waals surface area (Å²) in [7, 11) is 1.37. The van der Waals surface area contributed by atoms with Gasteiger partial charge in [0.25, 0.3) is 5.91 Å². The van der Waals surface area contributed by atoms with E-state index in [1.54, 1.807) is 17.0 Å².